The fourth-order valence-corrected chi connectivity index (χ4v) is 2.51. The van der Waals surface area contributed by atoms with Gasteiger partial charge in [-0.15, -0.1) is 0 Å². The number of rotatable bonds is 5. The van der Waals surface area contributed by atoms with Gasteiger partial charge >= 0.3 is 5.97 Å². The first-order valence-corrected chi connectivity index (χ1v) is 7.21. The summed E-state index contributed by atoms with van der Waals surface area (Å²) < 4.78 is 6.81. The Morgan fingerprint density at radius 2 is 2.15 bits per heavy atom. The van der Waals surface area contributed by atoms with Crippen molar-refractivity contribution >= 4 is 5.97 Å². The van der Waals surface area contributed by atoms with Crippen LogP contribution in [-0.2, 0) is 18.3 Å². The van der Waals surface area contributed by atoms with Crippen molar-refractivity contribution in [3.63, 3.8) is 0 Å². The highest BCUT2D eigenvalue weighted by molar-refractivity contribution is 5.90. The summed E-state index contributed by atoms with van der Waals surface area (Å²) in [6, 6.07) is 0.510. The number of nitrogens with zero attached hydrogens (tertiary/aromatic N) is 3. The van der Waals surface area contributed by atoms with Gasteiger partial charge < -0.3 is 15.0 Å². The second-order valence-corrected chi connectivity index (χ2v) is 5.31. The lowest BCUT2D eigenvalue weighted by Gasteiger charge is -2.29. The number of nitrogens with one attached hydrogen (secondary N) is 1. The van der Waals surface area contributed by atoms with Crippen molar-refractivity contribution in [1.82, 2.24) is 20.0 Å². The maximum Gasteiger partial charge on any atom is 0.341 e. The molecule has 1 saturated heterocycles. The molecule has 0 amide bonds. The summed E-state index contributed by atoms with van der Waals surface area (Å²) in [6.07, 6.45) is 3.87. The van der Waals surface area contributed by atoms with Crippen LogP contribution >= 0.6 is 0 Å². The quantitative estimate of drug-likeness (QED) is 0.808. The van der Waals surface area contributed by atoms with Gasteiger partial charge in [0.2, 0.25) is 0 Å². The number of ether oxygens (including phenoxy) is 1. The summed E-state index contributed by atoms with van der Waals surface area (Å²) >= 11 is 0. The Morgan fingerprint density at radius 3 is 2.80 bits per heavy atom. The number of hydrogen-bond donors (Lipinski definition) is 1. The van der Waals surface area contributed by atoms with Crippen molar-refractivity contribution < 1.29 is 9.53 Å². The molecule has 20 heavy (non-hydrogen) atoms. The smallest absolute Gasteiger partial charge is 0.341 e. The molecule has 1 fully saturated rings. The van der Waals surface area contributed by atoms with E-state index in [1.165, 1.54) is 0 Å². The highest BCUT2D eigenvalue weighted by Gasteiger charge is 2.20. The van der Waals surface area contributed by atoms with Crippen LogP contribution in [0.5, 0.6) is 0 Å². The maximum absolute atomic E-state index is 11.9. The summed E-state index contributed by atoms with van der Waals surface area (Å²) in [5.41, 5.74) is 1.46. The van der Waals surface area contributed by atoms with E-state index < -0.39 is 0 Å². The van der Waals surface area contributed by atoms with E-state index >= 15 is 0 Å². The average Bonchev–Trinajstić information content (AvgIpc) is 2.80. The second-order valence-electron chi connectivity index (χ2n) is 5.31. The molecule has 0 saturated carbocycles. The molecule has 2 rings (SSSR count). The minimum atomic E-state index is -0.291. The van der Waals surface area contributed by atoms with E-state index in [4.69, 9.17) is 4.74 Å². The van der Waals surface area contributed by atoms with E-state index in [0.29, 0.717) is 24.8 Å². The summed E-state index contributed by atoms with van der Waals surface area (Å²) in [4.78, 5) is 14.2. The SMILES string of the molecule is CCOC(=O)c1cnn(C)c1CNC1CCN(C)CC1. The third-order valence-corrected chi connectivity index (χ3v) is 3.83. The van der Waals surface area contributed by atoms with Crippen LogP contribution in [0.2, 0.25) is 0 Å². The number of hydrogen-bond acceptors (Lipinski definition) is 5. The van der Waals surface area contributed by atoms with E-state index in [2.05, 4.69) is 22.4 Å². The molecule has 112 valence electrons. The zero-order valence-electron chi connectivity index (χ0n) is 12.6. The van der Waals surface area contributed by atoms with E-state index in [1.807, 2.05) is 14.0 Å². The largest absolute Gasteiger partial charge is 0.462 e. The third kappa shape index (κ3) is 3.58. The van der Waals surface area contributed by atoms with Gasteiger partial charge in [-0.25, -0.2) is 4.79 Å². The molecule has 0 aromatic carbocycles. The summed E-state index contributed by atoms with van der Waals surface area (Å²) in [6.45, 7) is 5.08. The number of carbonyl (C=O) groups is 1. The van der Waals surface area contributed by atoms with Gasteiger partial charge in [0.1, 0.15) is 5.56 Å². The van der Waals surface area contributed by atoms with Gasteiger partial charge in [0.05, 0.1) is 18.5 Å². The van der Waals surface area contributed by atoms with E-state index in [1.54, 1.807) is 10.9 Å². The average molecular weight is 280 g/mol. The standard InChI is InChI=1S/C14H24N4O2/c1-4-20-14(19)12-9-16-18(3)13(12)10-15-11-5-7-17(2)8-6-11/h9,11,15H,4-8,10H2,1-3H3. The van der Waals surface area contributed by atoms with Crippen molar-refractivity contribution in [1.29, 1.82) is 0 Å². The molecule has 1 aromatic rings. The third-order valence-electron chi connectivity index (χ3n) is 3.83. The Kier molecular flexibility index (Phi) is 5.14. The van der Waals surface area contributed by atoms with Crippen molar-refractivity contribution in [3.05, 3.63) is 17.5 Å². The first-order valence-electron chi connectivity index (χ1n) is 7.21. The lowest BCUT2D eigenvalue weighted by molar-refractivity contribution is 0.0524. The maximum atomic E-state index is 11.9. The van der Waals surface area contributed by atoms with Crippen molar-refractivity contribution in [2.75, 3.05) is 26.7 Å². The van der Waals surface area contributed by atoms with Gasteiger partial charge in [0.15, 0.2) is 0 Å². The Hall–Kier alpha value is -1.40. The highest BCUT2D eigenvalue weighted by Crippen LogP contribution is 2.12. The molecule has 6 heteroatoms. The molecule has 0 bridgehead atoms. The molecule has 1 aliphatic heterocycles. The van der Waals surface area contributed by atoms with Gasteiger partial charge in [-0.2, -0.15) is 5.10 Å². The first-order chi connectivity index (χ1) is 9.61. The molecule has 0 atom stereocenters. The zero-order valence-corrected chi connectivity index (χ0v) is 12.6. The number of piperidine rings is 1. The van der Waals surface area contributed by atoms with Crippen LogP contribution in [0.4, 0.5) is 0 Å². The van der Waals surface area contributed by atoms with Crippen molar-refractivity contribution in [2.24, 2.45) is 7.05 Å². The van der Waals surface area contributed by atoms with Gasteiger partial charge in [0, 0.05) is 19.6 Å². The van der Waals surface area contributed by atoms with Gasteiger partial charge in [-0.05, 0) is 39.9 Å². The van der Waals surface area contributed by atoms with Crippen LogP contribution in [0.25, 0.3) is 0 Å². The van der Waals surface area contributed by atoms with Crippen molar-refractivity contribution in [2.45, 2.75) is 32.4 Å². The molecule has 1 N–H and O–H groups in total. The minimum Gasteiger partial charge on any atom is -0.462 e. The van der Waals surface area contributed by atoms with Crippen LogP contribution in [0.3, 0.4) is 0 Å². The molecule has 1 aliphatic rings. The van der Waals surface area contributed by atoms with Crippen LogP contribution in [0, 0.1) is 0 Å². The molecule has 1 aromatic heterocycles. The van der Waals surface area contributed by atoms with Gasteiger partial charge in [-0.3, -0.25) is 4.68 Å². The molecule has 0 radical (unpaired) electrons. The van der Waals surface area contributed by atoms with Crippen molar-refractivity contribution in [3.8, 4) is 0 Å². The second kappa shape index (κ2) is 6.85. The predicted molar refractivity (Wildman–Crippen MR) is 76.5 cm³/mol. The zero-order chi connectivity index (χ0) is 14.5. The first kappa shape index (κ1) is 15.0. The van der Waals surface area contributed by atoms with Crippen LogP contribution < -0.4 is 5.32 Å². The molecule has 2 heterocycles. The van der Waals surface area contributed by atoms with Crippen LogP contribution in [0.1, 0.15) is 35.8 Å². The number of esters is 1. The number of aryl methyl sites for hydroxylation is 1. The molecule has 6 nitrogen and oxygen atoms in total. The summed E-state index contributed by atoms with van der Waals surface area (Å²) in [7, 11) is 4.00. The molecule has 0 spiro atoms. The predicted octanol–water partition coefficient (Wildman–Crippen LogP) is 0.781. The normalized spacial score (nSPS) is 17.4. The minimum absolute atomic E-state index is 0.291. The van der Waals surface area contributed by atoms with Gasteiger partial charge in [-0.1, -0.05) is 0 Å². The molecular weight excluding hydrogens is 256 g/mol. The molecule has 0 unspecified atom stereocenters. The number of aromatic nitrogens is 2. The Balaban J connectivity index is 1.95. The Bertz CT molecular complexity index is 450. The van der Waals surface area contributed by atoms with E-state index in [0.717, 1.165) is 31.6 Å². The number of carbonyl (C=O) groups excluding carboxylic acids is 1. The fraction of sp³-hybridized carbons (Fsp3) is 0.714. The lowest BCUT2D eigenvalue weighted by Crippen LogP contribution is -2.40. The summed E-state index contributed by atoms with van der Waals surface area (Å²) in [5, 5.41) is 7.69. The molecule has 0 aliphatic carbocycles. The summed E-state index contributed by atoms with van der Waals surface area (Å²) in [5.74, 6) is -0.291. The van der Waals surface area contributed by atoms with Crippen LogP contribution in [-0.4, -0.2) is 53.4 Å². The van der Waals surface area contributed by atoms with Gasteiger partial charge in [0.25, 0.3) is 0 Å². The van der Waals surface area contributed by atoms with Crippen LogP contribution in [0.15, 0.2) is 6.20 Å². The highest BCUT2D eigenvalue weighted by atomic mass is 16.5. The lowest BCUT2D eigenvalue weighted by atomic mass is 10.1. The Morgan fingerprint density at radius 1 is 1.45 bits per heavy atom. The Labute approximate surface area is 120 Å². The number of likely N-dealkylation sites (tertiary alicyclic amines) is 1. The van der Waals surface area contributed by atoms with E-state index in [-0.39, 0.29) is 5.97 Å². The molecular formula is C14H24N4O2. The topological polar surface area (TPSA) is 59.4 Å². The monoisotopic (exact) mass is 280 g/mol. The fourth-order valence-electron chi connectivity index (χ4n) is 2.51. The van der Waals surface area contributed by atoms with E-state index in [9.17, 15) is 4.79 Å².